The van der Waals surface area contributed by atoms with Gasteiger partial charge in [0.25, 0.3) is 11.5 Å². The number of ether oxygens (including phenoxy) is 1. The summed E-state index contributed by atoms with van der Waals surface area (Å²) in [5.41, 5.74) is 16.8. The lowest BCUT2D eigenvalue weighted by molar-refractivity contribution is -0.384. The number of nitro groups is 1. The molecule has 1 aromatic rings. The summed E-state index contributed by atoms with van der Waals surface area (Å²) in [5, 5.41) is 16.3. The number of Topliss-reactive ketones (excluding diaryl/α,β-unsaturated/α-hetero) is 1. The number of carbonyl (C=O) groups excluding carboxylic acids is 3. The number of ketones is 1. The summed E-state index contributed by atoms with van der Waals surface area (Å²) in [7, 11) is 0. The van der Waals surface area contributed by atoms with Crippen LogP contribution in [-0.2, 0) is 25.7 Å². The summed E-state index contributed by atoms with van der Waals surface area (Å²) in [5.74, 6) is -3.72. The molecule has 13 nitrogen and oxygen atoms in total. The molecule has 1 aromatic carbocycles. The Labute approximate surface area is 156 Å². The van der Waals surface area contributed by atoms with E-state index in [1.807, 2.05) is 0 Å². The van der Waals surface area contributed by atoms with Gasteiger partial charge in [0.1, 0.15) is 12.6 Å². The van der Waals surface area contributed by atoms with Crippen LogP contribution in [0.2, 0.25) is 0 Å². The van der Waals surface area contributed by atoms with Crippen molar-refractivity contribution in [2.24, 2.45) is 11.0 Å². The van der Waals surface area contributed by atoms with Crippen molar-refractivity contribution in [2.45, 2.75) is 25.6 Å². The topological polar surface area (TPSA) is 201 Å². The highest BCUT2D eigenvalue weighted by Gasteiger charge is 2.48. The second-order valence-electron chi connectivity index (χ2n) is 5.79. The van der Waals surface area contributed by atoms with E-state index in [2.05, 4.69) is 20.1 Å². The average Bonchev–Trinajstić information content (AvgIpc) is 2.68. The van der Waals surface area contributed by atoms with E-state index in [4.69, 9.17) is 15.8 Å². The zero-order valence-corrected chi connectivity index (χ0v) is 14.4. The number of benzene rings is 1. The molecule has 1 saturated heterocycles. The Hall–Kier alpha value is -4.08. The van der Waals surface area contributed by atoms with Gasteiger partial charge in [-0.05, 0) is 23.2 Å². The normalized spacial score (nSPS) is 18.4. The Bertz CT molecular complexity index is 929. The fourth-order valence-corrected chi connectivity index (χ4v) is 2.47. The van der Waals surface area contributed by atoms with Gasteiger partial charge in [-0.15, -0.1) is 0 Å². The van der Waals surface area contributed by atoms with Gasteiger partial charge in [0.2, 0.25) is 5.91 Å². The largest absolute Gasteiger partial charge is 0.452 e. The van der Waals surface area contributed by atoms with Gasteiger partial charge in [-0.1, -0.05) is 12.0 Å². The van der Waals surface area contributed by atoms with Crippen LogP contribution in [0, 0.1) is 16.0 Å². The number of carbonyl (C=O) groups is 3. The van der Waals surface area contributed by atoms with Crippen molar-refractivity contribution in [3.8, 4) is 0 Å². The van der Waals surface area contributed by atoms with Crippen molar-refractivity contribution < 1.29 is 28.8 Å². The van der Waals surface area contributed by atoms with Gasteiger partial charge in [-0.3, -0.25) is 19.7 Å². The zero-order chi connectivity index (χ0) is 20.8. The van der Waals surface area contributed by atoms with Crippen LogP contribution in [0.4, 0.5) is 5.69 Å². The van der Waals surface area contributed by atoms with Crippen LogP contribution in [0.15, 0.2) is 29.4 Å². The van der Waals surface area contributed by atoms with Gasteiger partial charge < -0.3 is 15.6 Å². The SMILES string of the molecule is C[C@@H](C(=O)C(=[N+]=[N-])C(=O)OCc1ccc([N+](=O)[O-])cc1)[C@H]1NC(=O)[C@H]1N=[N+]=[N-]. The standard InChI is InChI=1S/C15H13N7O6/c1-7(10-11(20-21-17)14(24)18-10)13(23)12(19-16)15(25)28-6-8-2-4-9(5-3-8)22(26)27/h2-5,7,10-11H,6H2,1H3,(H,18,24)/t7-,10-,11+/m1/s1. The molecule has 0 unspecified atom stereocenters. The molecule has 28 heavy (non-hydrogen) atoms. The average molecular weight is 387 g/mol. The number of nitrogens with one attached hydrogen (secondary N) is 1. The van der Waals surface area contributed by atoms with Crippen molar-refractivity contribution in [1.82, 2.24) is 5.32 Å². The lowest BCUT2D eigenvalue weighted by Crippen LogP contribution is -2.65. The predicted molar refractivity (Wildman–Crippen MR) is 90.6 cm³/mol. The van der Waals surface area contributed by atoms with Crippen molar-refractivity contribution >= 4 is 29.1 Å². The number of non-ortho nitro benzene ring substituents is 1. The van der Waals surface area contributed by atoms with Gasteiger partial charge in [0.05, 0.1) is 11.0 Å². The van der Waals surface area contributed by atoms with Crippen LogP contribution in [0.5, 0.6) is 0 Å². The molecule has 0 aliphatic carbocycles. The highest BCUT2D eigenvalue weighted by Crippen LogP contribution is 2.20. The van der Waals surface area contributed by atoms with Crippen LogP contribution < -0.4 is 5.32 Å². The number of rotatable bonds is 8. The fourth-order valence-electron chi connectivity index (χ4n) is 2.47. The summed E-state index contributed by atoms with van der Waals surface area (Å²) < 4.78 is 4.89. The minimum atomic E-state index is -1.22. The molecule has 0 radical (unpaired) electrons. The quantitative estimate of drug-likeness (QED) is 0.0781. The second kappa shape index (κ2) is 8.54. The molecule has 0 aromatic heterocycles. The Balaban J connectivity index is 2.01. The van der Waals surface area contributed by atoms with Crippen LogP contribution in [-0.4, -0.2) is 45.2 Å². The van der Waals surface area contributed by atoms with Gasteiger partial charge in [-0.25, -0.2) is 4.79 Å². The number of esters is 1. The van der Waals surface area contributed by atoms with Crippen molar-refractivity contribution in [3.63, 3.8) is 0 Å². The number of hydrogen-bond acceptors (Lipinski definition) is 7. The summed E-state index contributed by atoms with van der Waals surface area (Å²) in [6.07, 6.45) is 0. The lowest BCUT2D eigenvalue weighted by Gasteiger charge is -2.36. The third-order valence-corrected chi connectivity index (χ3v) is 4.09. The minimum absolute atomic E-state index is 0.145. The molecular weight excluding hydrogens is 374 g/mol. The molecule has 3 atom stereocenters. The minimum Gasteiger partial charge on any atom is -0.452 e. The molecule has 13 heteroatoms. The van der Waals surface area contributed by atoms with Gasteiger partial charge >= 0.3 is 11.7 Å². The number of amides is 1. The Morgan fingerprint density at radius 1 is 1.36 bits per heavy atom. The smallest absolute Gasteiger partial charge is 0.441 e. The molecule has 1 amide bonds. The molecule has 1 N–H and O–H groups in total. The molecule has 2 rings (SSSR count). The highest BCUT2D eigenvalue weighted by atomic mass is 16.6. The molecule has 0 saturated carbocycles. The molecular formula is C15H13N7O6. The van der Waals surface area contributed by atoms with Gasteiger partial charge in [-0.2, -0.15) is 4.79 Å². The molecule has 1 aliphatic rings. The van der Waals surface area contributed by atoms with Crippen LogP contribution in [0.3, 0.4) is 0 Å². The molecule has 1 aliphatic heterocycles. The third kappa shape index (κ3) is 4.18. The number of β-lactam (4-membered cyclic amide) rings is 1. The summed E-state index contributed by atoms with van der Waals surface area (Å²) in [6, 6.07) is 3.19. The Kier molecular flexibility index (Phi) is 6.17. The first kappa shape index (κ1) is 20.2. The lowest BCUT2D eigenvalue weighted by atomic mass is 9.84. The first-order valence-corrected chi connectivity index (χ1v) is 7.81. The van der Waals surface area contributed by atoms with E-state index in [9.17, 15) is 24.5 Å². The van der Waals surface area contributed by atoms with Crippen molar-refractivity contribution in [1.29, 1.82) is 0 Å². The molecule has 1 fully saturated rings. The molecule has 1 heterocycles. The van der Waals surface area contributed by atoms with E-state index < -0.39 is 46.3 Å². The Morgan fingerprint density at radius 3 is 2.50 bits per heavy atom. The highest BCUT2D eigenvalue weighted by molar-refractivity contribution is 6.62. The van der Waals surface area contributed by atoms with Crippen LogP contribution in [0.1, 0.15) is 12.5 Å². The summed E-state index contributed by atoms with van der Waals surface area (Å²) in [6.45, 7) is 1.04. The first-order chi connectivity index (χ1) is 13.3. The number of nitrogens with zero attached hydrogens (tertiary/aromatic N) is 6. The van der Waals surface area contributed by atoms with Crippen LogP contribution in [0.25, 0.3) is 16.0 Å². The van der Waals surface area contributed by atoms with E-state index >= 15 is 0 Å². The third-order valence-electron chi connectivity index (χ3n) is 4.09. The van der Waals surface area contributed by atoms with Gasteiger partial charge in [0.15, 0.2) is 0 Å². The van der Waals surface area contributed by atoms with Crippen molar-refractivity contribution in [2.75, 3.05) is 0 Å². The van der Waals surface area contributed by atoms with E-state index in [1.165, 1.54) is 31.2 Å². The Morgan fingerprint density at radius 2 is 2.00 bits per heavy atom. The first-order valence-electron chi connectivity index (χ1n) is 7.81. The number of azide groups is 1. The summed E-state index contributed by atoms with van der Waals surface area (Å²) in [4.78, 5) is 51.0. The fraction of sp³-hybridized carbons (Fsp3) is 0.333. The van der Waals surface area contributed by atoms with Gasteiger partial charge in [0, 0.05) is 23.0 Å². The van der Waals surface area contributed by atoms with Crippen LogP contribution >= 0.6 is 0 Å². The maximum absolute atomic E-state index is 12.4. The van der Waals surface area contributed by atoms with Crippen molar-refractivity contribution in [3.05, 3.63) is 55.9 Å². The van der Waals surface area contributed by atoms with E-state index in [1.54, 1.807) is 0 Å². The van der Waals surface area contributed by atoms with E-state index in [0.717, 1.165) is 0 Å². The number of hydrogen-bond donors (Lipinski definition) is 1. The molecule has 144 valence electrons. The number of nitro benzene ring substituents is 1. The maximum atomic E-state index is 12.4. The second-order valence-corrected chi connectivity index (χ2v) is 5.79. The maximum Gasteiger partial charge on any atom is 0.441 e. The monoisotopic (exact) mass is 387 g/mol. The predicted octanol–water partition coefficient (Wildman–Crippen LogP) is 0.691. The summed E-state index contributed by atoms with van der Waals surface area (Å²) >= 11 is 0. The van der Waals surface area contributed by atoms with E-state index in [-0.39, 0.29) is 12.3 Å². The molecule has 0 spiro atoms. The molecule has 0 bridgehead atoms. The zero-order valence-electron chi connectivity index (χ0n) is 14.4. The van der Waals surface area contributed by atoms with E-state index in [0.29, 0.717) is 5.56 Å².